The maximum atomic E-state index is 5.67. The lowest BCUT2D eigenvalue weighted by molar-refractivity contribution is 0.305. The van der Waals surface area contributed by atoms with Gasteiger partial charge in [-0.1, -0.05) is 0 Å². The maximum Gasteiger partial charge on any atom is 0.224 e. The number of aromatic nitrogens is 2. The first-order valence-electron chi connectivity index (χ1n) is 4.45. The highest BCUT2D eigenvalue weighted by Crippen LogP contribution is 2.34. The van der Waals surface area contributed by atoms with Crippen LogP contribution in [0, 0.1) is 0 Å². The highest BCUT2D eigenvalue weighted by molar-refractivity contribution is 6.28. The average Bonchev–Trinajstić information content (AvgIpc) is 2.01. The minimum atomic E-state index is 0.220. The summed E-state index contributed by atoms with van der Waals surface area (Å²) in [6.45, 7) is 2.20. The van der Waals surface area contributed by atoms with Crippen molar-refractivity contribution in [3.8, 4) is 0 Å². The summed E-state index contributed by atoms with van der Waals surface area (Å²) in [5.74, 6) is 0.821. The molecule has 1 aliphatic carbocycles. The van der Waals surface area contributed by atoms with Crippen LogP contribution in [0.2, 0.25) is 5.28 Å². The monoisotopic (exact) mass is 197 g/mol. The normalized spacial score (nSPS) is 19.2. The lowest BCUT2D eigenvalue weighted by Gasteiger charge is -2.39. The summed E-state index contributed by atoms with van der Waals surface area (Å²) < 4.78 is 0. The van der Waals surface area contributed by atoms with E-state index in [-0.39, 0.29) is 5.54 Å². The predicted octanol–water partition coefficient (Wildman–Crippen LogP) is 2.48. The van der Waals surface area contributed by atoms with Crippen molar-refractivity contribution in [2.45, 2.75) is 31.7 Å². The van der Waals surface area contributed by atoms with Crippen LogP contribution in [0.15, 0.2) is 12.3 Å². The molecule has 1 aromatic rings. The Hall–Kier alpha value is -0.830. The molecule has 0 atom stereocenters. The molecular formula is C9H12ClN3. The summed E-state index contributed by atoms with van der Waals surface area (Å²) >= 11 is 5.67. The number of hydrogen-bond acceptors (Lipinski definition) is 3. The zero-order valence-electron chi connectivity index (χ0n) is 7.55. The molecule has 4 heteroatoms. The van der Waals surface area contributed by atoms with E-state index in [0.717, 1.165) is 5.82 Å². The molecule has 13 heavy (non-hydrogen) atoms. The van der Waals surface area contributed by atoms with Crippen LogP contribution >= 0.6 is 11.6 Å². The Balaban J connectivity index is 2.09. The van der Waals surface area contributed by atoms with Gasteiger partial charge in [0.15, 0.2) is 0 Å². The van der Waals surface area contributed by atoms with Crippen LogP contribution in [0.4, 0.5) is 5.82 Å². The van der Waals surface area contributed by atoms with Crippen LogP contribution in [-0.2, 0) is 0 Å². The van der Waals surface area contributed by atoms with E-state index < -0.39 is 0 Å². The van der Waals surface area contributed by atoms with E-state index in [9.17, 15) is 0 Å². The van der Waals surface area contributed by atoms with Crippen molar-refractivity contribution < 1.29 is 0 Å². The maximum absolute atomic E-state index is 5.67. The van der Waals surface area contributed by atoms with Crippen molar-refractivity contribution in [2.75, 3.05) is 5.32 Å². The van der Waals surface area contributed by atoms with Gasteiger partial charge in [0.05, 0.1) is 0 Å². The molecule has 0 bridgehead atoms. The van der Waals surface area contributed by atoms with Gasteiger partial charge in [0.1, 0.15) is 5.82 Å². The summed E-state index contributed by atoms with van der Waals surface area (Å²) in [6, 6.07) is 1.84. The Morgan fingerprint density at radius 1 is 1.54 bits per heavy atom. The summed E-state index contributed by atoms with van der Waals surface area (Å²) in [6.07, 6.45) is 5.37. The number of rotatable bonds is 2. The van der Waals surface area contributed by atoms with E-state index in [2.05, 4.69) is 22.2 Å². The van der Waals surface area contributed by atoms with Crippen LogP contribution in [0.5, 0.6) is 0 Å². The number of nitrogens with one attached hydrogen (secondary N) is 1. The third-order valence-electron chi connectivity index (χ3n) is 2.51. The minimum absolute atomic E-state index is 0.220. The molecule has 1 fully saturated rings. The van der Waals surface area contributed by atoms with Gasteiger partial charge in [0.25, 0.3) is 0 Å². The molecular weight excluding hydrogens is 186 g/mol. The van der Waals surface area contributed by atoms with Gasteiger partial charge in [-0.05, 0) is 43.9 Å². The highest BCUT2D eigenvalue weighted by Gasteiger charge is 2.31. The molecule has 0 saturated heterocycles. The van der Waals surface area contributed by atoms with Gasteiger partial charge in [0.2, 0.25) is 5.28 Å². The van der Waals surface area contributed by atoms with Crippen LogP contribution in [0.3, 0.4) is 0 Å². The summed E-state index contributed by atoms with van der Waals surface area (Å²) in [7, 11) is 0. The van der Waals surface area contributed by atoms with Gasteiger partial charge >= 0.3 is 0 Å². The third-order valence-corrected chi connectivity index (χ3v) is 2.70. The Morgan fingerprint density at radius 2 is 2.31 bits per heavy atom. The Bertz CT molecular complexity index is 309. The summed E-state index contributed by atoms with van der Waals surface area (Å²) in [4.78, 5) is 7.91. The van der Waals surface area contributed by atoms with E-state index in [4.69, 9.17) is 11.6 Å². The van der Waals surface area contributed by atoms with E-state index in [1.54, 1.807) is 6.20 Å². The third kappa shape index (κ3) is 1.91. The van der Waals surface area contributed by atoms with Crippen molar-refractivity contribution in [3.63, 3.8) is 0 Å². The second-order valence-electron chi connectivity index (χ2n) is 3.75. The van der Waals surface area contributed by atoms with Crippen molar-refractivity contribution >= 4 is 17.4 Å². The predicted molar refractivity (Wildman–Crippen MR) is 52.9 cm³/mol. The van der Waals surface area contributed by atoms with Crippen LogP contribution in [-0.4, -0.2) is 15.5 Å². The van der Waals surface area contributed by atoms with Gasteiger partial charge < -0.3 is 5.32 Å². The fourth-order valence-electron chi connectivity index (χ4n) is 1.55. The van der Waals surface area contributed by atoms with Crippen LogP contribution in [0.25, 0.3) is 0 Å². The topological polar surface area (TPSA) is 37.8 Å². The van der Waals surface area contributed by atoms with Crippen molar-refractivity contribution in [1.29, 1.82) is 0 Å². The fraction of sp³-hybridized carbons (Fsp3) is 0.556. The molecule has 70 valence electrons. The largest absolute Gasteiger partial charge is 0.365 e. The molecule has 0 amide bonds. The zero-order chi connectivity index (χ0) is 9.31. The molecule has 1 N–H and O–H groups in total. The molecule has 0 aliphatic heterocycles. The van der Waals surface area contributed by atoms with Crippen LogP contribution in [0.1, 0.15) is 26.2 Å². The van der Waals surface area contributed by atoms with E-state index in [1.165, 1.54) is 19.3 Å². The Morgan fingerprint density at radius 3 is 2.85 bits per heavy atom. The van der Waals surface area contributed by atoms with Gasteiger partial charge in [-0.15, -0.1) is 0 Å². The van der Waals surface area contributed by atoms with Gasteiger partial charge in [-0.3, -0.25) is 0 Å². The van der Waals surface area contributed by atoms with E-state index in [0.29, 0.717) is 5.28 Å². The first-order chi connectivity index (χ1) is 6.18. The molecule has 1 heterocycles. The van der Waals surface area contributed by atoms with E-state index >= 15 is 0 Å². The van der Waals surface area contributed by atoms with Crippen LogP contribution < -0.4 is 5.32 Å². The first-order valence-corrected chi connectivity index (χ1v) is 4.83. The van der Waals surface area contributed by atoms with Crippen molar-refractivity contribution in [3.05, 3.63) is 17.5 Å². The number of hydrogen-bond donors (Lipinski definition) is 1. The second-order valence-corrected chi connectivity index (χ2v) is 4.09. The molecule has 0 spiro atoms. The highest BCUT2D eigenvalue weighted by atomic mass is 35.5. The smallest absolute Gasteiger partial charge is 0.224 e. The molecule has 1 aromatic heterocycles. The van der Waals surface area contributed by atoms with Gasteiger partial charge in [0, 0.05) is 11.7 Å². The standard InChI is InChI=1S/C9H12ClN3/c1-9(4-2-5-9)13-7-3-6-11-8(10)12-7/h3,6H,2,4-5H2,1H3,(H,11,12,13). The molecule has 2 rings (SSSR count). The zero-order valence-corrected chi connectivity index (χ0v) is 8.30. The molecule has 3 nitrogen and oxygen atoms in total. The number of nitrogens with zero attached hydrogens (tertiary/aromatic N) is 2. The fourth-order valence-corrected chi connectivity index (χ4v) is 1.69. The second kappa shape index (κ2) is 3.14. The lowest BCUT2D eigenvalue weighted by Crippen LogP contribution is -2.41. The Labute approximate surface area is 82.5 Å². The first kappa shape index (κ1) is 8.75. The quantitative estimate of drug-likeness (QED) is 0.741. The molecule has 0 unspecified atom stereocenters. The Kier molecular flexibility index (Phi) is 2.12. The van der Waals surface area contributed by atoms with Crippen molar-refractivity contribution in [2.24, 2.45) is 0 Å². The summed E-state index contributed by atoms with van der Waals surface area (Å²) in [5, 5.41) is 3.66. The van der Waals surface area contributed by atoms with Gasteiger partial charge in [-0.2, -0.15) is 0 Å². The SMILES string of the molecule is CC1(Nc2ccnc(Cl)n2)CCC1. The minimum Gasteiger partial charge on any atom is -0.365 e. The molecule has 1 saturated carbocycles. The number of anilines is 1. The molecule has 0 radical (unpaired) electrons. The molecule has 0 aromatic carbocycles. The summed E-state index contributed by atoms with van der Waals surface area (Å²) in [5.41, 5.74) is 0.220. The van der Waals surface area contributed by atoms with Gasteiger partial charge in [-0.25, -0.2) is 9.97 Å². The van der Waals surface area contributed by atoms with Crippen molar-refractivity contribution in [1.82, 2.24) is 9.97 Å². The van der Waals surface area contributed by atoms with E-state index in [1.807, 2.05) is 6.07 Å². The molecule has 1 aliphatic rings. The average molecular weight is 198 g/mol. The number of halogens is 1. The lowest BCUT2D eigenvalue weighted by atomic mass is 9.78.